The van der Waals surface area contributed by atoms with Gasteiger partial charge in [0.1, 0.15) is 29.5 Å². The number of alkyl carbamates (subject to hydrolysis) is 2. The Bertz CT molecular complexity index is 2500. The lowest BCUT2D eigenvalue weighted by Gasteiger charge is -2.34. The normalized spacial score (nSPS) is 20.8. The van der Waals surface area contributed by atoms with Gasteiger partial charge in [-0.15, -0.1) is 0 Å². The molecule has 17 heteroatoms. The number of methoxy groups -OCH3 is 2. The van der Waals surface area contributed by atoms with Gasteiger partial charge in [0.15, 0.2) is 0 Å². The molecule has 0 radical (unpaired) electrons. The maximum absolute atomic E-state index is 15.9. The molecule has 4 atom stereocenters. The van der Waals surface area contributed by atoms with Gasteiger partial charge in [0.2, 0.25) is 11.8 Å². The molecule has 0 spiro atoms. The van der Waals surface area contributed by atoms with Crippen LogP contribution in [0.5, 0.6) is 0 Å². The number of amides is 4. The minimum Gasteiger partial charge on any atom is -0.453 e. The molecule has 9 rings (SSSR count). The highest BCUT2D eigenvalue weighted by Crippen LogP contribution is 2.37. The van der Waals surface area contributed by atoms with E-state index in [4.69, 9.17) is 28.9 Å². The van der Waals surface area contributed by atoms with E-state index in [1.165, 1.54) is 20.3 Å². The van der Waals surface area contributed by atoms with Crippen LogP contribution in [0.15, 0.2) is 54.7 Å². The summed E-state index contributed by atoms with van der Waals surface area (Å²) in [5, 5.41) is 7.45. The minimum absolute atomic E-state index is 0.0538. The van der Waals surface area contributed by atoms with Crippen LogP contribution in [0.25, 0.3) is 44.2 Å². The summed E-state index contributed by atoms with van der Waals surface area (Å²) in [7, 11) is 2.58. The quantitative estimate of drug-likeness (QED) is 0.120. The molecule has 4 aliphatic heterocycles. The maximum Gasteiger partial charge on any atom is 0.407 e. The fraction of sp³-hybridized carbons (Fsp3) is 0.478. The van der Waals surface area contributed by atoms with Crippen LogP contribution in [-0.4, -0.2) is 120 Å². The summed E-state index contributed by atoms with van der Waals surface area (Å²) in [6.07, 6.45) is 6.13. The number of hydrogen-bond acceptors (Lipinski definition) is 10. The Kier molecular flexibility index (Phi) is 12.3. The predicted molar refractivity (Wildman–Crippen MR) is 230 cm³/mol. The number of likely N-dealkylation sites (tertiary alicyclic amines) is 2. The summed E-state index contributed by atoms with van der Waals surface area (Å²) in [6.45, 7) is 3.19. The van der Waals surface area contributed by atoms with Crippen molar-refractivity contribution in [3.63, 3.8) is 0 Å². The van der Waals surface area contributed by atoms with Crippen molar-refractivity contribution in [1.82, 2.24) is 40.4 Å². The highest BCUT2D eigenvalue weighted by molar-refractivity contribution is 5.92. The number of aromatic amines is 2. The topological polar surface area (TPSA) is 193 Å². The number of aromatic nitrogens is 4. The molecular weight excluding hydrogens is 812 g/mol. The highest BCUT2D eigenvalue weighted by Gasteiger charge is 2.42. The van der Waals surface area contributed by atoms with Crippen molar-refractivity contribution in [2.75, 3.05) is 53.7 Å². The zero-order chi connectivity index (χ0) is 43.6. The third-order valence-corrected chi connectivity index (χ3v) is 13.3. The molecule has 4 saturated heterocycles. The summed E-state index contributed by atoms with van der Waals surface area (Å²) in [4.78, 5) is 72.7. The van der Waals surface area contributed by atoms with Crippen LogP contribution in [0.1, 0.15) is 75.1 Å². The summed E-state index contributed by atoms with van der Waals surface area (Å²) < 4.78 is 36.7. The second-order valence-electron chi connectivity index (χ2n) is 16.9. The smallest absolute Gasteiger partial charge is 0.407 e. The fourth-order valence-corrected chi connectivity index (χ4v) is 9.88. The van der Waals surface area contributed by atoms with E-state index in [1.807, 2.05) is 35.2 Å². The molecule has 0 bridgehead atoms. The first-order valence-corrected chi connectivity index (χ1v) is 21.9. The molecular formula is C46H53FN8O8. The van der Waals surface area contributed by atoms with E-state index in [0.717, 1.165) is 41.3 Å². The van der Waals surface area contributed by atoms with E-state index >= 15 is 4.39 Å². The Morgan fingerprint density at radius 1 is 0.714 bits per heavy atom. The largest absolute Gasteiger partial charge is 0.453 e. The lowest BCUT2D eigenvalue weighted by atomic mass is 9.90. The van der Waals surface area contributed by atoms with Gasteiger partial charge < -0.3 is 49.3 Å². The summed E-state index contributed by atoms with van der Waals surface area (Å²) in [5.74, 6) is 0.387. The number of imidazole rings is 2. The summed E-state index contributed by atoms with van der Waals surface area (Å²) in [6, 6.07) is 13.0. The monoisotopic (exact) mass is 864 g/mol. The van der Waals surface area contributed by atoms with Crippen molar-refractivity contribution in [3.8, 4) is 22.4 Å². The van der Waals surface area contributed by atoms with Gasteiger partial charge in [-0.25, -0.2) is 23.9 Å². The molecule has 332 valence electrons. The molecule has 3 aromatic carbocycles. The number of rotatable bonds is 10. The van der Waals surface area contributed by atoms with Gasteiger partial charge in [0.25, 0.3) is 0 Å². The molecule has 4 fully saturated rings. The first-order chi connectivity index (χ1) is 30.7. The number of hydrogen-bond donors (Lipinski definition) is 4. The maximum atomic E-state index is 15.9. The summed E-state index contributed by atoms with van der Waals surface area (Å²) in [5.41, 5.74) is 3.93. The third kappa shape index (κ3) is 8.68. The number of H-pyrrole nitrogens is 2. The molecule has 4 aliphatic rings. The number of carbonyl (C=O) groups excluding carboxylic acids is 4. The Morgan fingerprint density at radius 2 is 1.25 bits per heavy atom. The SMILES string of the molecule is COC(=O)N[C@H](C(=O)N1CCC[C@H]1c1ncc(-c2ccc3cc(-c4cc5nc([C@@H]6CCCN6C(=O)[C@@H](NC(=O)OC)C6CCOCC6)[nH]c5cc4F)ccc3c2)[nH]1)C1CCOCC1. The van der Waals surface area contributed by atoms with Crippen LogP contribution in [0.3, 0.4) is 0 Å². The Morgan fingerprint density at radius 3 is 1.83 bits per heavy atom. The fourth-order valence-electron chi connectivity index (χ4n) is 9.88. The van der Waals surface area contributed by atoms with Gasteiger partial charge in [-0.05, 0) is 97.7 Å². The van der Waals surface area contributed by atoms with Crippen molar-refractivity contribution < 1.29 is 42.5 Å². The van der Waals surface area contributed by atoms with Gasteiger partial charge in [0.05, 0.1) is 49.2 Å². The zero-order valence-electron chi connectivity index (χ0n) is 35.5. The van der Waals surface area contributed by atoms with E-state index < -0.39 is 30.1 Å². The van der Waals surface area contributed by atoms with Crippen molar-refractivity contribution in [2.24, 2.45) is 11.8 Å². The number of carbonyl (C=O) groups is 4. The van der Waals surface area contributed by atoms with Gasteiger partial charge in [0, 0.05) is 56.7 Å². The van der Waals surface area contributed by atoms with Crippen molar-refractivity contribution in [3.05, 3.63) is 72.2 Å². The van der Waals surface area contributed by atoms with Crippen LogP contribution in [0.4, 0.5) is 14.0 Å². The van der Waals surface area contributed by atoms with Crippen LogP contribution >= 0.6 is 0 Å². The van der Waals surface area contributed by atoms with E-state index in [1.54, 1.807) is 17.2 Å². The van der Waals surface area contributed by atoms with Crippen LogP contribution < -0.4 is 10.6 Å². The Balaban J connectivity index is 0.916. The van der Waals surface area contributed by atoms with Crippen LogP contribution in [-0.2, 0) is 28.5 Å². The molecule has 0 saturated carbocycles. The van der Waals surface area contributed by atoms with Crippen molar-refractivity contribution in [1.29, 1.82) is 0 Å². The standard InChI is InChI=1S/C46H53FN8O8/c1-60-45(58)52-39(26-11-17-62-18-12-26)43(56)54-15-3-5-37(54)41-48-25-36(51-41)31-10-8-28-21-30(9-7-29(28)22-31)32-23-34-35(24-33(32)47)50-42(49-34)38-6-4-16-55(38)44(57)40(53-46(59)61-2)27-13-19-63-20-14-27/h7-10,21-27,37-40H,3-6,11-20H2,1-2H3,(H,48,51)(H,49,50)(H,52,58)(H,53,59)/t37-,38-,39-,40-/m0/s1. The first-order valence-electron chi connectivity index (χ1n) is 21.9. The molecule has 16 nitrogen and oxygen atoms in total. The van der Waals surface area contributed by atoms with Crippen LogP contribution in [0.2, 0.25) is 0 Å². The Hall–Kier alpha value is -6.07. The van der Waals surface area contributed by atoms with Crippen LogP contribution in [0, 0.1) is 17.7 Å². The Labute approximate surface area is 363 Å². The van der Waals surface area contributed by atoms with E-state index in [9.17, 15) is 19.2 Å². The number of halogens is 1. The van der Waals surface area contributed by atoms with Gasteiger partial charge in [-0.2, -0.15) is 0 Å². The zero-order valence-corrected chi connectivity index (χ0v) is 35.5. The van der Waals surface area contributed by atoms with E-state index in [0.29, 0.717) is 105 Å². The molecule has 5 aromatic rings. The molecule has 2 aromatic heterocycles. The average molecular weight is 865 g/mol. The number of ether oxygens (including phenoxy) is 4. The molecule has 6 heterocycles. The van der Waals surface area contributed by atoms with Crippen molar-refractivity contribution in [2.45, 2.75) is 75.5 Å². The number of fused-ring (bicyclic) bond motifs is 2. The number of nitrogens with zero attached hydrogens (tertiary/aromatic N) is 4. The molecule has 4 amide bonds. The predicted octanol–water partition coefficient (Wildman–Crippen LogP) is 6.54. The lowest BCUT2D eigenvalue weighted by molar-refractivity contribution is -0.137. The van der Waals surface area contributed by atoms with Gasteiger partial charge in [-0.1, -0.05) is 24.3 Å². The van der Waals surface area contributed by atoms with E-state index in [2.05, 4.69) is 26.7 Å². The lowest BCUT2D eigenvalue weighted by Crippen LogP contribution is -2.53. The number of nitrogens with one attached hydrogen (secondary N) is 4. The molecule has 63 heavy (non-hydrogen) atoms. The number of benzene rings is 3. The van der Waals surface area contributed by atoms with E-state index in [-0.39, 0.29) is 35.7 Å². The van der Waals surface area contributed by atoms with Crippen molar-refractivity contribution >= 4 is 45.8 Å². The third-order valence-electron chi connectivity index (χ3n) is 13.3. The molecule has 0 unspecified atom stereocenters. The second-order valence-corrected chi connectivity index (χ2v) is 16.9. The average Bonchev–Trinajstić information content (AvgIpc) is 4.16. The highest BCUT2D eigenvalue weighted by atomic mass is 19.1. The molecule has 0 aliphatic carbocycles. The minimum atomic E-state index is -0.754. The first kappa shape index (κ1) is 42.2. The van der Waals surface area contributed by atoms with Gasteiger partial charge in [-0.3, -0.25) is 9.59 Å². The molecule has 4 N–H and O–H groups in total. The van der Waals surface area contributed by atoms with Gasteiger partial charge >= 0.3 is 12.2 Å². The second kappa shape index (κ2) is 18.3. The summed E-state index contributed by atoms with van der Waals surface area (Å²) >= 11 is 0.